The van der Waals surface area contributed by atoms with Crippen molar-refractivity contribution >= 4 is 0 Å². The Morgan fingerprint density at radius 2 is 2.00 bits per heavy atom. The second kappa shape index (κ2) is 6.33. The van der Waals surface area contributed by atoms with Crippen LogP contribution in [-0.2, 0) is 6.54 Å². The number of imidazole rings is 1. The highest BCUT2D eigenvalue weighted by Crippen LogP contribution is 2.08. The highest BCUT2D eigenvalue weighted by Gasteiger charge is 1.96. The number of aromatic nitrogens is 2. The average Bonchev–Trinajstić information content (AvgIpc) is 2.89. The lowest BCUT2D eigenvalue weighted by molar-refractivity contribution is 0.400. The number of rotatable bonds is 6. The summed E-state index contributed by atoms with van der Waals surface area (Å²) in [6.45, 7) is 2.99. The number of nitrogens with zero attached hydrogens (tertiary/aromatic N) is 3. The first-order valence-corrected chi connectivity index (χ1v) is 6.18. The molecule has 2 aromatic rings. The van der Waals surface area contributed by atoms with Gasteiger partial charge in [-0.25, -0.2) is 4.98 Å². The third kappa shape index (κ3) is 3.68. The minimum atomic E-state index is 0.915. The first-order valence-electron chi connectivity index (χ1n) is 6.18. The van der Waals surface area contributed by atoms with Crippen LogP contribution >= 0.6 is 0 Å². The van der Waals surface area contributed by atoms with Crippen molar-refractivity contribution in [2.75, 3.05) is 27.2 Å². The van der Waals surface area contributed by atoms with E-state index in [9.17, 15) is 0 Å². The van der Waals surface area contributed by atoms with Crippen molar-refractivity contribution in [3.05, 3.63) is 48.5 Å². The molecule has 96 valence electrons. The molecule has 1 N–H and O–H groups in total. The van der Waals surface area contributed by atoms with Crippen molar-refractivity contribution in [3.8, 4) is 5.69 Å². The van der Waals surface area contributed by atoms with E-state index in [4.69, 9.17) is 0 Å². The second-order valence-corrected chi connectivity index (χ2v) is 4.62. The van der Waals surface area contributed by atoms with Gasteiger partial charge in [0.15, 0.2) is 0 Å². The molecule has 1 aromatic carbocycles. The van der Waals surface area contributed by atoms with E-state index in [2.05, 4.69) is 53.6 Å². The van der Waals surface area contributed by atoms with Crippen LogP contribution in [0.4, 0.5) is 0 Å². The molecular formula is C14H20N4. The Hall–Kier alpha value is -1.65. The maximum absolute atomic E-state index is 4.04. The summed E-state index contributed by atoms with van der Waals surface area (Å²) in [4.78, 5) is 6.22. The Kier molecular flexibility index (Phi) is 4.50. The zero-order chi connectivity index (χ0) is 12.8. The van der Waals surface area contributed by atoms with E-state index in [0.717, 1.165) is 25.3 Å². The van der Waals surface area contributed by atoms with Gasteiger partial charge >= 0.3 is 0 Å². The van der Waals surface area contributed by atoms with E-state index in [0.29, 0.717) is 0 Å². The third-order valence-electron chi connectivity index (χ3n) is 2.80. The fraction of sp³-hybridized carbons (Fsp3) is 0.357. The average molecular weight is 244 g/mol. The largest absolute Gasteiger partial charge is 0.311 e. The molecule has 1 aromatic heterocycles. The molecule has 0 fully saturated rings. The molecular weight excluding hydrogens is 224 g/mol. The van der Waals surface area contributed by atoms with Crippen molar-refractivity contribution in [3.63, 3.8) is 0 Å². The fourth-order valence-corrected chi connectivity index (χ4v) is 1.73. The third-order valence-corrected chi connectivity index (χ3v) is 2.80. The van der Waals surface area contributed by atoms with Crippen molar-refractivity contribution in [1.82, 2.24) is 19.8 Å². The molecule has 1 heterocycles. The Balaban J connectivity index is 1.84. The molecule has 0 aliphatic carbocycles. The van der Waals surface area contributed by atoms with Crippen LogP contribution in [0.1, 0.15) is 5.56 Å². The highest BCUT2D eigenvalue weighted by atomic mass is 15.1. The monoisotopic (exact) mass is 244 g/mol. The molecule has 0 spiro atoms. The number of benzene rings is 1. The summed E-state index contributed by atoms with van der Waals surface area (Å²) in [5, 5.41) is 3.43. The molecule has 0 aliphatic rings. The van der Waals surface area contributed by atoms with E-state index >= 15 is 0 Å². The Labute approximate surface area is 108 Å². The molecule has 0 saturated carbocycles. The Morgan fingerprint density at radius 1 is 1.22 bits per heavy atom. The maximum atomic E-state index is 4.04. The van der Waals surface area contributed by atoms with E-state index in [1.165, 1.54) is 5.56 Å². The van der Waals surface area contributed by atoms with Crippen molar-refractivity contribution in [2.24, 2.45) is 0 Å². The molecule has 2 rings (SSSR count). The number of hydrogen-bond donors (Lipinski definition) is 1. The van der Waals surface area contributed by atoms with E-state index in [1.807, 2.05) is 17.1 Å². The van der Waals surface area contributed by atoms with Crippen molar-refractivity contribution < 1.29 is 0 Å². The van der Waals surface area contributed by atoms with Crippen LogP contribution in [0.2, 0.25) is 0 Å². The van der Waals surface area contributed by atoms with Crippen LogP contribution in [0.3, 0.4) is 0 Å². The molecule has 0 saturated heterocycles. The fourth-order valence-electron chi connectivity index (χ4n) is 1.73. The van der Waals surface area contributed by atoms with Gasteiger partial charge in [0, 0.05) is 37.7 Å². The lowest BCUT2D eigenvalue weighted by Crippen LogP contribution is -2.26. The minimum Gasteiger partial charge on any atom is -0.311 e. The van der Waals surface area contributed by atoms with Gasteiger partial charge in [0.25, 0.3) is 0 Å². The van der Waals surface area contributed by atoms with Gasteiger partial charge in [-0.05, 0) is 31.8 Å². The molecule has 0 radical (unpaired) electrons. The van der Waals surface area contributed by atoms with Gasteiger partial charge < -0.3 is 14.8 Å². The summed E-state index contributed by atoms with van der Waals surface area (Å²) in [6.07, 6.45) is 5.55. The zero-order valence-corrected chi connectivity index (χ0v) is 11.0. The van der Waals surface area contributed by atoms with Crippen LogP contribution in [-0.4, -0.2) is 41.6 Å². The smallest absolute Gasteiger partial charge is 0.0991 e. The zero-order valence-electron chi connectivity index (χ0n) is 11.0. The Bertz CT molecular complexity index is 445. The molecule has 0 amide bonds. The standard InChI is InChI=1S/C14H20N4/c1-17(2)9-7-15-11-13-3-5-14(6-4-13)18-10-8-16-12-18/h3-6,8,10,12,15H,7,9,11H2,1-2H3. The number of hydrogen-bond acceptors (Lipinski definition) is 3. The summed E-state index contributed by atoms with van der Waals surface area (Å²) in [5.41, 5.74) is 2.45. The summed E-state index contributed by atoms with van der Waals surface area (Å²) in [5.74, 6) is 0. The highest BCUT2D eigenvalue weighted by molar-refractivity contribution is 5.34. The number of likely N-dealkylation sites (N-methyl/N-ethyl adjacent to an activating group) is 1. The van der Waals surface area contributed by atoms with Gasteiger partial charge in [-0.3, -0.25) is 0 Å². The lowest BCUT2D eigenvalue weighted by Gasteiger charge is -2.10. The molecule has 0 atom stereocenters. The summed E-state index contributed by atoms with van der Waals surface area (Å²) < 4.78 is 2.00. The van der Waals surface area contributed by atoms with Gasteiger partial charge in [0.05, 0.1) is 6.33 Å². The Morgan fingerprint density at radius 3 is 2.61 bits per heavy atom. The quantitative estimate of drug-likeness (QED) is 0.782. The summed E-state index contributed by atoms with van der Waals surface area (Å²) >= 11 is 0. The van der Waals surface area contributed by atoms with E-state index in [-0.39, 0.29) is 0 Å². The lowest BCUT2D eigenvalue weighted by atomic mass is 10.2. The van der Waals surface area contributed by atoms with Crippen LogP contribution in [0.25, 0.3) is 5.69 Å². The molecule has 0 unspecified atom stereocenters. The first kappa shape index (κ1) is 12.8. The van der Waals surface area contributed by atoms with Gasteiger partial charge in [-0.1, -0.05) is 12.1 Å². The molecule has 18 heavy (non-hydrogen) atoms. The van der Waals surface area contributed by atoms with E-state index < -0.39 is 0 Å². The van der Waals surface area contributed by atoms with Crippen LogP contribution in [0.5, 0.6) is 0 Å². The summed E-state index contributed by atoms with van der Waals surface area (Å²) in [6, 6.07) is 8.53. The van der Waals surface area contributed by atoms with Crippen molar-refractivity contribution in [1.29, 1.82) is 0 Å². The van der Waals surface area contributed by atoms with Crippen LogP contribution in [0.15, 0.2) is 43.0 Å². The summed E-state index contributed by atoms with van der Waals surface area (Å²) in [7, 11) is 4.17. The first-order chi connectivity index (χ1) is 8.75. The second-order valence-electron chi connectivity index (χ2n) is 4.62. The normalized spacial score (nSPS) is 11.1. The maximum Gasteiger partial charge on any atom is 0.0991 e. The van der Waals surface area contributed by atoms with Crippen LogP contribution < -0.4 is 5.32 Å². The molecule has 4 heteroatoms. The number of nitrogens with one attached hydrogen (secondary N) is 1. The van der Waals surface area contributed by atoms with Gasteiger partial charge in [0.1, 0.15) is 0 Å². The van der Waals surface area contributed by atoms with Crippen molar-refractivity contribution in [2.45, 2.75) is 6.54 Å². The molecule has 0 aliphatic heterocycles. The predicted molar refractivity (Wildman–Crippen MR) is 73.8 cm³/mol. The topological polar surface area (TPSA) is 33.1 Å². The molecule has 4 nitrogen and oxygen atoms in total. The van der Waals surface area contributed by atoms with Gasteiger partial charge in [-0.2, -0.15) is 0 Å². The molecule has 0 bridgehead atoms. The van der Waals surface area contributed by atoms with Crippen LogP contribution in [0, 0.1) is 0 Å². The van der Waals surface area contributed by atoms with Gasteiger partial charge in [-0.15, -0.1) is 0 Å². The van der Waals surface area contributed by atoms with Gasteiger partial charge in [0.2, 0.25) is 0 Å². The minimum absolute atomic E-state index is 0.915. The SMILES string of the molecule is CN(C)CCNCc1ccc(-n2ccnc2)cc1. The van der Waals surface area contributed by atoms with E-state index in [1.54, 1.807) is 6.20 Å². The predicted octanol–water partition coefficient (Wildman–Crippen LogP) is 1.52.